The predicted molar refractivity (Wildman–Crippen MR) is 87.5 cm³/mol. The minimum Gasteiger partial charge on any atom is -0.320 e. The van der Waals surface area contributed by atoms with Gasteiger partial charge >= 0.3 is 0 Å². The van der Waals surface area contributed by atoms with Crippen molar-refractivity contribution >= 4 is 23.4 Å². The molecular formula is C16H12F2N4OS. The van der Waals surface area contributed by atoms with Crippen LogP contribution in [0.3, 0.4) is 0 Å². The van der Waals surface area contributed by atoms with Gasteiger partial charge in [-0.05, 0) is 12.1 Å². The summed E-state index contributed by atoms with van der Waals surface area (Å²) in [6.45, 7) is 0. The molecule has 1 aromatic heterocycles. The number of aromatic nitrogens is 3. The molecule has 3 aromatic rings. The van der Waals surface area contributed by atoms with E-state index in [0.29, 0.717) is 11.0 Å². The van der Waals surface area contributed by atoms with Crippen LogP contribution in [-0.4, -0.2) is 26.8 Å². The highest BCUT2D eigenvalue weighted by molar-refractivity contribution is 7.99. The van der Waals surface area contributed by atoms with E-state index in [1.54, 1.807) is 0 Å². The molecule has 0 bridgehead atoms. The number of hydrogen-bond donors (Lipinski definition) is 2. The van der Waals surface area contributed by atoms with Crippen molar-refractivity contribution in [1.82, 2.24) is 15.2 Å². The number of amides is 1. The van der Waals surface area contributed by atoms with Gasteiger partial charge in [0.15, 0.2) is 5.82 Å². The van der Waals surface area contributed by atoms with Gasteiger partial charge in [-0.25, -0.2) is 13.8 Å². The van der Waals surface area contributed by atoms with Gasteiger partial charge in [0.1, 0.15) is 17.3 Å². The maximum absolute atomic E-state index is 13.5. The first kappa shape index (κ1) is 16.1. The average Bonchev–Trinajstić information content (AvgIpc) is 3.06. The second-order valence-electron chi connectivity index (χ2n) is 4.77. The van der Waals surface area contributed by atoms with Gasteiger partial charge in [-0.2, -0.15) is 0 Å². The molecule has 8 heteroatoms. The summed E-state index contributed by atoms with van der Waals surface area (Å²) < 4.78 is 26.9. The van der Waals surface area contributed by atoms with E-state index in [1.807, 2.05) is 30.3 Å². The van der Waals surface area contributed by atoms with Crippen LogP contribution in [0.5, 0.6) is 0 Å². The van der Waals surface area contributed by atoms with E-state index in [-0.39, 0.29) is 5.75 Å². The summed E-state index contributed by atoms with van der Waals surface area (Å²) >= 11 is 1.06. The Morgan fingerprint density at radius 1 is 1.08 bits per heavy atom. The molecule has 0 aliphatic carbocycles. The highest BCUT2D eigenvalue weighted by Gasteiger charge is 2.13. The number of aromatic amines is 1. The van der Waals surface area contributed by atoms with Gasteiger partial charge < -0.3 is 5.32 Å². The van der Waals surface area contributed by atoms with Crippen molar-refractivity contribution in [1.29, 1.82) is 0 Å². The standard InChI is InChI=1S/C16H12F2N4OS/c17-11-7-4-8-12(18)14(11)19-13(23)9-24-16-20-15(21-22-16)10-5-2-1-3-6-10/h1-8H,9H2,(H,19,23)(H,20,21,22). The van der Waals surface area contributed by atoms with Gasteiger partial charge in [0.05, 0.1) is 5.75 Å². The van der Waals surface area contributed by atoms with E-state index in [0.717, 1.165) is 29.5 Å². The number of thioether (sulfide) groups is 1. The largest absolute Gasteiger partial charge is 0.320 e. The van der Waals surface area contributed by atoms with Crippen LogP contribution in [0.15, 0.2) is 53.7 Å². The molecule has 0 spiro atoms. The summed E-state index contributed by atoms with van der Waals surface area (Å²) in [5.74, 6) is -1.68. The fraction of sp³-hybridized carbons (Fsp3) is 0.0625. The Bertz CT molecular complexity index is 834. The lowest BCUT2D eigenvalue weighted by Crippen LogP contribution is -2.16. The van der Waals surface area contributed by atoms with Gasteiger partial charge in [-0.1, -0.05) is 48.2 Å². The van der Waals surface area contributed by atoms with Gasteiger partial charge in [-0.15, -0.1) is 5.10 Å². The van der Waals surface area contributed by atoms with Crippen molar-refractivity contribution in [2.75, 3.05) is 11.1 Å². The summed E-state index contributed by atoms with van der Waals surface area (Å²) in [6, 6.07) is 12.8. The van der Waals surface area contributed by atoms with Gasteiger partial charge in [-0.3, -0.25) is 9.89 Å². The SMILES string of the molecule is O=C(CSc1n[nH]c(-c2ccccc2)n1)Nc1c(F)cccc1F. The summed E-state index contributed by atoms with van der Waals surface area (Å²) in [5, 5.41) is 9.37. The molecule has 1 amide bonds. The number of rotatable bonds is 5. The number of nitrogens with zero attached hydrogens (tertiary/aromatic N) is 2. The normalized spacial score (nSPS) is 10.6. The van der Waals surface area contributed by atoms with Crippen LogP contribution in [0.1, 0.15) is 0 Å². The van der Waals surface area contributed by atoms with Crippen LogP contribution in [-0.2, 0) is 4.79 Å². The quantitative estimate of drug-likeness (QED) is 0.694. The Hall–Kier alpha value is -2.74. The number of para-hydroxylation sites is 1. The lowest BCUT2D eigenvalue weighted by molar-refractivity contribution is -0.113. The van der Waals surface area contributed by atoms with E-state index in [1.165, 1.54) is 6.07 Å². The van der Waals surface area contributed by atoms with Crippen molar-refractivity contribution in [2.45, 2.75) is 5.16 Å². The fourth-order valence-electron chi connectivity index (χ4n) is 1.96. The first-order chi connectivity index (χ1) is 11.6. The van der Waals surface area contributed by atoms with Crippen molar-refractivity contribution in [3.63, 3.8) is 0 Å². The number of nitrogens with one attached hydrogen (secondary N) is 2. The van der Waals surface area contributed by atoms with Crippen LogP contribution in [0.4, 0.5) is 14.5 Å². The summed E-state index contributed by atoms with van der Waals surface area (Å²) in [4.78, 5) is 16.1. The molecule has 0 aliphatic heterocycles. The molecule has 0 aliphatic rings. The molecule has 2 N–H and O–H groups in total. The number of halogens is 2. The third kappa shape index (κ3) is 3.77. The minimum absolute atomic E-state index is 0.0696. The monoisotopic (exact) mass is 346 g/mol. The molecule has 0 saturated carbocycles. The lowest BCUT2D eigenvalue weighted by Gasteiger charge is -2.06. The first-order valence-corrected chi connectivity index (χ1v) is 7.96. The third-order valence-corrected chi connectivity index (χ3v) is 3.92. The molecule has 122 valence electrons. The Morgan fingerprint density at radius 3 is 2.50 bits per heavy atom. The number of H-pyrrole nitrogens is 1. The topological polar surface area (TPSA) is 70.7 Å². The highest BCUT2D eigenvalue weighted by atomic mass is 32.2. The number of carbonyl (C=O) groups is 1. The molecule has 0 unspecified atom stereocenters. The smallest absolute Gasteiger partial charge is 0.235 e. The second-order valence-corrected chi connectivity index (χ2v) is 5.71. The minimum atomic E-state index is -0.822. The molecule has 3 rings (SSSR count). The molecule has 1 heterocycles. The number of hydrogen-bond acceptors (Lipinski definition) is 4. The average molecular weight is 346 g/mol. The maximum Gasteiger partial charge on any atom is 0.235 e. The van der Waals surface area contributed by atoms with Crippen LogP contribution < -0.4 is 5.32 Å². The molecule has 0 saturated heterocycles. The van der Waals surface area contributed by atoms with E-state index in [4.69, 9.17) is 0 Å². The van der Waals surface area contributed by atoms with E-state index in [9.17, 15) is 13.6 Å². The van der Waals surface area contributed by atoms with Crippen LogP contribution >= 0.6 is 11.8 Å². The fourth-order valence-corrected chi connectivity index (χ4v) is 2.56. The van der Waals surface area contributed by atoms with E-state index >= 15 is 0 Å². The Balaban J connectivity index is 1.60. The molecule has 0 fully saturated rings. The highest BCUT2D eigenvalue weighted by Crippen LogP contribution is 2.21. The van der Waals surface area contributed by atoms with Crippen molar-refractivity contribution in [3.8, 4) is 11.4 Å². The Kier molecular flexibility index (Phi) is 4.85. The van der Waals surface area contributed by atoms with Crippen molar-refractivity contribution in [2.24, 2.45) is 0 Å². The molecule has 5 nitrogen and oxygen atoms in total. The van der Waals surface area contributed by atoms with E-state index < -0.39 is 23.2 Å². The van der Waals surface area contributed by atoms with Crippen LogP contribution in [0.2, 0.25) is 0 Å². The summed E-state index contributed by atoms with van der Waals surface area (Å²) in [6.07, 6.45) is 0. The molecule has 2 aromatic carbocycles. The second kappa shape index (κ2) is 7.22. The third-order valence-electron chi connectivity index (χ3n) is 3.07. The summed E-state index contributed by atoms with van der Waals surface area (Å²) in [7, 11) is 0. The molecule has 0 radical (unpaired) electrons. The number of carbonyl (C=O) groups excluding carboxylic acids is 1. The van der Waals surface area contributed by atoms with Crippen LogP contribution in [0.25, 0.3) is 11.4 Å². The van der Waals surface area contributed by atoms with Crippen molar-refractivity contribution in [3.05, 3.63) is 60.2 Å². The first-order valence-electron chi connectivity index (χ1n) is 6.98. The Morgan fingerprint density at radius 2 is 1.79 bits per heavy atom. The lowest BCUT2D eigenvalue weighted by atomic mass is 10.2. The zero-order valence-electron chi connectivity index (χ0n) is 12.3. The molecule has 24 heavy (non-hydrogen) atoms. The van der Waals surface area contributed by atoms with Gasteiger partial charge in [0.25, 0.3) is 0 Å². The number of benzene rings is 2. The van der Waals surface area contributed by atoms with Gasteiger partial charge in [0, 0.05) is 5.56 Å². The molecule has 0 atom stereocenters. The molecular weight excluding hydrogens is 334 g/mol. The van der Waals surface area contributed by atoms with Gasteiger partial charge in [0.2, 0.25) is 11.1 Å². The van der Waals surface area contributed by atoms with Crippen LogP contribution in [0, 0.1) is 11.6 Å². The zero-order chi connectivity index (χ0) is 16.9. The maximum atomic E-state index is 13.5. The zero-order valence-corrected chi connectivity index (χ0v) is 13.1. The van der Waals surface area contributed by atoms with Crippen molar-refractivity contribution < 1.29 is 13.6 Å². The summed E-state index contributed by atoms with van der Waals surface area (Å²) in [5.41, 5.74) is 0.415. The Labute approximate surface area is 140 Å². The predicted octanol–water partition coefficient (Wildman–Crippen LogP) is 3.48. The van der Waals surface area contributed by atoms with E-state index in [2.05, 4.69) is 20.5 Å². The number of anilines is 1.